The summed E-state index contributed by atoms with van der Waals surface area (Å²) < 4.78 is 0. The molecule has 0 heterocycles. The fourth-order valence-electron chi connectivity index (χ4n) is 2.80. The standard InChI is InChI=1S/C9H15NO3/c1-7(2,13)8-3-9(4-8,5-8)10-6(11)12/h10,13H,3-5H2,1-2H3,(H,11,12). The minimum atomic E-state index is -0.955. The van der Waals surface area contributed by atoms with Gasteiger partial charge in [0.25, 0.3) is 0 Å². The molecule has 13 heavy (non-hydrogen) atoms. The van der Waals surface area contributed by atoms with Gasteiger partial charge in [-0.1, -0.05) is 0 Å². The van der Waals surface area contributed by atoms with Crippen molar-refractivity contribution in [2.75, 3.05) is 0 Å². The number of amides is 1. The Morgan fingerprint density at radius 3 is 2.15 bits per heavy atom. The molecule has 0 aromatic heterocycles. The number of carbonyl (C=O) groups is 1. The Hall–Kier alpha value is -0.770. The number of hydrogen-bond donors (Lipinski definition) is 3. The van der Waals surface area contributed by atoms with Crippen molar-refractivity contribution in [3.05, 3.63) is 0 Å². The molecule has 3 aliphatic rings. The lowest BCUT2D eigenvalue weighted by Gasteiger charge is -2.74. The van der Waals surface area contributed by atoms with Crippen molar-refractivity contribution >= 4 is 6.09 Å². The molecule has 0 aromatic carbocycles. The lowest BCUT2D eigenvalue weighted by Crippen LogP contribution is -2.79. The molecular weight excluding hydrogens is 170 g/mol. The number of rotatable bonds is 2. The van der Waals surface area contributed by atoms with Crippen molar-refractivity contribution in [3.63, 3.8) is 0 Å². The lowest BCUT2D eigenvalue weighted by atomic mass is 9.35. The Labute approximate surface area is 76.9 Å². The van der Waals surface area contributed by atoms with Crippen molar-refractivity contribution in [2.45, 2.75) is 44.2 Å². The Kier molecular flexibility index (Phi) is 1.36. The third kappa shape index (κ3) is 0.981. The van der Waals surface area contributed by atoms with Gasteiger partial charge in [0.1, 0.15) is 0 Å². The van der Waals surface area contributed by atoms with Gasteiger partial charge in [0.2, 0.25) is 0 Å². The summed E-state index contributed by atoms with van der Waals surface area (Å²) in [4.78, 5) is 10.4. The number of aliphatic hydroxyl groups is 1. The third-order valence-corrected chi connectivity index (χ3v) is 3.70. The van der Waals surface area contributed by atoms with E-state index in [0.717, 1.165) is 19.3 Å². The first-order chi connectivity index (χ1) is 5.79. The maximum absolute atomic E-state index is 10.4. The van der Waals surface area contributed by atoms with Crippen LogP contribution in [0.15, 0.2) is 0 Å². The van der Waals surface area contributed by atoms with E-state index in [9.17, 15) is 9.90 Å². The molecule has 1 amide bonds. The van der Waals surface area contributed by atoms with Crippen molar-refractivity contribution in [2.24, 2.45) is 5.41 Å². The number of carboxylic acid groups (broad SMARTS) is 1. The van der Waals surface area contributed by atoms with Crippen LogP contribution < -0.4 is 5.32 Å². The van der Waals surface area contributed by atoms with Crippen LogP contribution in [0.25, 0.3) is 0 Å². The van der Waals surface area contributed by atoms with E-state index in [1.165, 1.54) is 0 Å². The zero-order chi connectivity index (χ0) is 9.91. The Morgan fingerprint density at radius 1 is 1.38 bits per heavy atom. The molecule has 2 bridgehead atoms. The number of nitrogens with one attached hydrogen (secondary N) is 1. The third-order valence-electron chi connectivity index (χ3n) is 3.70. The average Bonchev–Trinajstić information content (AvgIpc) is 1.70. The van der Waals surface area contributed by atoms with Crippen LogP contribution in [0.4, 0.5) is 4.79 Å². The van der Waals surface area contributed by atoms with E-state index in [2.05, 4.69) is 5.32 Å². The van der Waals surface area contributed by atoms with Gasteiger partial charge in [0.05, 0.1) is 5.60 Å². The minimum Gasteiger partial charge on any atom is -0.465 e. The molecule has 3 rings (SSSR count). The summed E-state index contributed by atoms with van der Waals surface area (Å²) in [5.74, 6) is 0. The molecule has 4 heteroatoms. The van der Waals surface area contributed by atoms with Crippen LogP contribution in [-0.4, -0.2) is 27.4 Å². The van der Waals surface area contributed by atoms with Gasteiger partial charge in [-0.25, -0.2) is 4.79 Å². The fourth-order valence-corrected chi connectivity index (χ4v) is 2.80. The van der Waals surface area contributed by atoms with Crippen LogP contribution in [0.5, 0.6) is 0 Å². The van der Waals surface area contributed by atoms with Gasteiger partial charge in [-0.2, -0.15) is 0 Å². The van der Waals surface area contributed by atoms with E-state index in [1.54, 1.807) is 13.8 Å². The van der Waals surface area contributed by atoms with E-state index >= 15 is 0 Å². The van der Waals surface area contributed by atoms with E-state index in [-0.39, 0.29) is 11.0 Å². The molecule has 0 aliphatic heterocycles. The van der Waals surface area contributed by atoms with Crippen LogP contribution in [0.3, 0.4) is 0 Å². The summed E-state index contributed by atoms with van der Waals surface area (Å²) in [6.45, 7) is 3.60. The first-order valence-corrected chi connectivity index (χ1v) is 4.52. The zero-order valence-corrected chi connectivity index (χ0v) is 7.92. The molecule has 4 nitrogen and oxygen atoms in total. The molecule has 0 saturated heterocycles. The fraction of sp³-hybridized carbons (Fsp3) is 0.889. The first-order valence-electron chi connectivity index (χ1n) is 4.52. The second kappa shape index (κ2) is 2.00. The molecular formula is C9H15NO3. The average molecular weight is 185 g/mol. The lowest BCUT2D eigenvalue weighted by molar-refractivity contribution is -0.248. The van der Waals surface area contributed by atoms with Gasteiger partial charge >= 0.3 is 6.09 Å². The van der Waals surface area contributed by atoms with Crippen molar-refractivity contribution in [1.82, 2.24) is 5.32 Å². The van der Waals surface area contributed by atoms with E-state index in [1.807, 2.05) is 0 Å². The molecule has 0 spiro atoms. The quantitative estimate of drug-likeness (QED) is 0.599. The SMILES string of the molecule is CC(C)(O)C12CC(NC(=O)O)(C1)C2. The molecule has 3 fully saturated rings. The van der Waals surface area contributed by atoms with Gasteiger partial charge in [0, 0.05) is 11.0 Å². The predicted molar refractivity (Wildman–Crippen MR) is 46.5 cm³/mol. The van der Waals surface area contributed by atoms with E-state index in [4.69, 9.17) is 5.11 Å². The van der Waals surface area contributed by atoms with Crippen LogP contribution in [0.1, 0.15) is 33.1 Å². The van der Waals surface area contributed by atoms with E-state index < -0.39 is 11.7 Å². The van der Waals surface area contributed by atoms with Gasteiger partial charge in [0.15, 0.2) is 0 Å². The van der Waals surface area contributed by atoms with Gasteiger partial charge in [-0.05, 0) is 33.1 Å². The van der Waals surface area contributed by atoms with Gasteiger partial charge < -0.3 is 15.5 Å². The summed E-state index contributed by atoms with van der Waals surface area (Å²) >= 11 is 0. The molecule has 0 unspecified atom stereocenters. The maximum atomic E-state index is 10.4. The Morgan fingerprint density at radius 2 is 1.85 bits per heavy atom. The van der Waals surface area contributed by atoms with Crippen LogP contribution >= 0.6 is 0 Å². The second-order valence-electron chi connectivity index (χ2n) is 5.08. The van der Waals surface area contributed by atoms with Crippen LogP contribution in [-0.2, 0) is 0 Å². The molecule has 74 valence electrons. The molecule has 3 aliphatic carbocycles. The molecule has 0 atom stereocenters. The first kappa shape index (κ1) is 8.81. The summed E-state index contributed by atoms with van der Waals surface area (Å²) in [5, 5.41) is 20.9. The molecule has 3 saturated carbocycles. The van der Waals surface area contributed by atoms with Gasteiger partial charge in [-0.15, -0.1) is 0 Å². The van der Waals surface area contributed by atoms with Gasteiger partial charge in [-0.3, -0.25) is 0 Å². The Balaban J connectivity index is 1.97. The summed E-state index contributed by atoms with van der Waals surface area (Å²) in [6, 6.07) is 0. The normalized spacial score (nSPS) is 41.8. The zero-order valence-electron chi connectivity index (χ0n) is 7.92. The van der Waals surface area contributed by atoms with Crippen LogP contribution in [0, 0.1) is 5.41 Å². The maximum Gasteiger partial charge on any atom is 0.405 e. The largest absolute Gasteiger partial charge is 0.465 e. The highest BCUT2D eigenvalue weighted by atomic mass is 16.4. The second-order valence-corrected chi connectivity index (χ2v) is 5.08. The van der Waals surface area contributed by atoms with Crippen LogP contribution in [0.2, 0.25) is 0 Å². The van der Waals surface area contributed by atoms with Crippen molar-refractivity contribution < 1.29 is 15.0 Å². The summed E-state index contributed by atoms with van der Waals surface area (Å²) in [6.07, 6.45) is 1.41. The molecule has 0 aromatic rings. The highest BCUT2D eigenvalue weighted by Gasteiger charge is 2.73. The summed E-state index contributed by atoms with van der Waals surface area (Å²) in [7, 11) is 0. The highest BCUT2D eigenvalue weighted by molar-refractivity contribution is 5.67. The Bertz CT molecular complexity index is 247. The number of hydrogen-bond acceptors (Lipinski definition) is 2. The topological polar surface area (TPSA) is 69.6 Å². The molecule has 0 radical (unpaired) electrons. The smallest absolute Gasteiger partial charge is 0.405 e. The van der Waals surface area contributed by atoms with Crippen molar-refractivity contribution in [3.8, 4) is 0 Å². The predicted octanol–water partition coefficient (Wildman–Crippen LogP) is 0.948. The monoisotopic (exact) mass is 185 g/mol. The summed E-state index contributed by atoms with van der Waals surface area (Å²) in [5.41, 5.74) is -0.893. The van der Waals surface area contributed by atoms with E-state index in [0.29, 0.717) is 0 Å². The molecule has 3 N–H and O–H groups in total. The highest BCUT2D eigenvalue weighted by Crippen LogP contribution is 2.71. The minimum absolute atomic E-state index is 0.0184. The van der Waals surface area contributed by atoms with Crippen molar-refractivity contribution in [1.29, 1.82) is 0 Å².